The van der Waals surface area contributed by atoms with Crippen molar-refractivity contribution in [3.8, 4) is 0 Å². The van der Waals surface area contributed by atoms with Gasteiger partial charge in [-0.1, -0.05) is 256 Å². The van der Waals surface area contributed by atoms with Crippen LogP contribution in [0.3, 0.4) is 0 Å². The van der Waals surface area contributed by atoms with E-state index in [9.17, 15) is 61.0 Å². The zero-order valence-corrected chi connectivity index (χ0v) is 54.0. The molecule has 0 spiro atoms. The average Bonchev–Trinajstić information content (AvgIpc) is 2.37. The highest BCUT2D eigenvalue weighted by atomic mass is 16.8. The van der Waals surface area contributed by atoms with Gasteiger partial charge in [-0.3, -0.25) is 4.79 Å². The molecule has 512 valence electrons. The molecule has 87 heavy (non-hydrogen) atoms. The first-order valence-electron chi connectivity index (χ1n) is 35.1. The molecule has 3 saturated heterocycles. The van der Waals surface area contributed by atoms with Gasteiger partial charge < -0.3 is 89.9 Å². The van der Waals surface area contributed by atoms with Gasteiger partial charge in [0.05, 0.1) is 38.6 Å². The number of hydrogen-bond donors (Lipinski definition) is 12. The Hall–Kier alpha value is -1.73. The summed E-state index contributed by atoms with van der Waals surface area (Å²) in [5.41, 5.74) is 0. The standard InChI is InChI=1S/C68H127NO18/c1-3-5-7-9-11-13-15-17-19-21-23-24-25-26-27-28-30-32-34-36-38-40-42-44-46-56(74)69-51(52(73)45-43-41-39-37-35-33-31-29-22-20-18-16-14-12-10-8-6-4-2)50-82-66-62(80)59(77)64(54(48-71)84-66)87-68-63(81)60(78)65(55(49-72)85-68)86-67-61(79)58(76)57(75)53(47-70)83-67/h35,37,43,45,51-55,57-68,70-73,75-81H,3-34,36,38-42,44,46-50H2,1-2H3,(H,69,74)/b37-35+,45-43+. The van der Waals surface area contributed by atoms with Crippen LogP contribution in [0, 0.1) is 0 Å². The van der Waals surface area contributed by atoms with Crippen LogP contribution in [0.5, 0.6) is 0 Å². The zero-order chi connectivity index (χ0) is 63.3. The lowest BCUT2D eigenvalue weighted by atomic mass is 9.96. The minimum absolute atomic E-state index is 0.241. The highest BCUT2D eigenvalue weighted by Crippen LogP contribution is 2.33. The number of hydrogen-bond acceptors (Lipinski definition) is 18. The normalized spacial score (nSPS) is 28.7. The number of rotatable bonds is 54. The number of aliphatic hydroxyl groups is 11. The lowest BCUT2D eigenvalue weighted by Gasteiger charge is -2.48. The topological polar surface area (TPSA) is 307 Å². The summed E-state index contributed by atoms with van der Waals surface area (Å²) in [6, 6.07) is -0.986. The summed E-state index contributed by atoms with van der Waals surface area (Å²) in [4.78, 5) is 13.4. The Bertz CT molecular complexity index is 1680. The molecule has 0 aromatic heterocycles. The Morgan fingerprint density at radius 2 is 0.736 bits per heavy atom. The van der Waals surface area contributed by atoms with E-state index < -0.39 is 124 Å². The Morgan fingerprint density at radius 1 is 0.402 bits per heavy atom. The summed E-state index contributed by atoms with van der Waals surface area (Å²) in [7, 11) is 0. The van der Waals surface area contributed by atoms with Crippen LogP contribution in [0.15, 0.2) is 24.3 Å². The molecule has 0 aromatic carbocycles. The maximum absolute atomic E-state index is 13.4. The summed E-state index contributed by atoms with van der Waals surface area (Å²) < 4.78 is 34.3. The van der Waals surface area contributed by atoms with E-state index in [2.05, 4.69) is 31.3 Å². The quantitative estimate of drug-likeness (QED) is 0.0200. The second-order valence-corrected chi connectivity index (χ2v) is 25.3. The smallest absolute Gasteiger partial charge is 0.220 e. The highest BCUT2D eigenvalue weighted by Gasteiger charge is 2.53. The summed E-state index contributed by atoms with van der Waals surface area (Å²) in [6.07, 6.45) is 30.2. The summed E-state index contributed by atoms with van der Waals surface area (Å²) in [5.74, 6) is -0.280. The number of amides is 1. The Labute approximate surface area is 524 Å². The predicted octanol–water partition coefficient (Wildman–Crippen LogP) is 9.05. The molecule has 19 nitrogen and oxygen atoms in total. The van der Waals surface area contributed by atoms with Crippen LogP contribution >= 0.6 is 0 Å². The van der Waals surface area contributed by atoms with E-state index in [0.717, 1.165) is 38.5 Å². The molecule has 3 aliphatic rings. The van der Waals surface area contributed by atoms with Crippen molar-refractivity contribution in [1.29, 1.82) is 0 Å². The van der Waals surface area contributed by atoms with Gasteiger partial charge in [-0.25, -0.2) is 0 Å². The SMILES string of the molecule is CCCCCCCCCCCCCC/C=C/CC/C=C/C(O)C(COC1OC(CO)C(OC2OC(CO)C(OC3OC(CO)C(O)C(O)C3O)C(O)C2O)C(O)C1O)NC(=O)CCCCCCCCCCCCCCCCCCCCCCCCCC. The van der Waals surface area contributed by atoms with E-state index in [0.29, 0.717) is 12.8 Å². The van der Waals surface area contributed by atoms with Gasteiger partial charge in [0, 0.05) is 6.42 Å². The maximum atomic E-state index is 13.4. The third kappa shape index (κ3) is 33.1. The second-order valence-electron chi connectivity index (χ2n) is 25.3. The fourth-order valence-corrected chi connectivity index (χ4v) is 12.0. The molecular weight excluding hydrogens is 1120 g/mol. The van der Waals surface area contributed by atoms with Crippen LogP contribution < -0.4 is 5.32 Å². The third-order valence-corrected chi connectivity index (χ3v) is 17.8. The second kappa shape index (κ2) is 50.8. The molecule has 3 rings (SSSR count). The number of unbranched alkanes of at least 4 members (excludes halogenated alkanes) is 36. The van der Waals surface area contributed by atoms with E-state index in [4.69, 9.17) is 28.4 Å². The molecule has 17 unspecified atom stereocenters. The van der Waals surface area contributed by atoms with E-state index in [1.165, 1.54) is 199 Å². The molecule has 0 radical (unpaired) electrons. The van der Waals surface area contributed by atoms with E-state index in [1.54, 1.807) is 6.08 Å². The molecule has 0 saturated carbocycles. The van der Waals surface area contributed by atoms with Crippen molar-refractivity contribution in [3.63, 3.8) is 0 Å². The highest BCUT2D eigenvalue weighted by molar-refractivity contribution is 5.76. The van der Waals surface area contributed by atoms with Gasteiger partial charge in [0.15, 0.2) is 18.9 Å². The van der Waals surface area contributed by atoms with Gasteiger partial charge in [0.25, 0.3) is 0 Å². The molecule has 0 aliphatic carbocycles. The average molecular weight is 1250 g/mol. The molecular formula is C68H127NO18. The predicted molar refractivity (Wildman–Crippen MR) is 337 cm³/mol. The lowest BCUT2D eigenvalue weighted by Crippen LogP contribution is -2.66. The third-order valence-electron chi connectivity index (χ3n) is 17.8. The number of nitrogens with one attached hydrogen (secondary N) is 1. The Kier molecular flexibility index (Phi) is 46.4. The number of aliphatic hydroxyl groups excluding tert-OH is 11. The van der Waals surface area contributed by atoms with Crippen molar-refractivity contribution in [2.75, 3.05) is 26.4 Å². The van der Waals surface area contributed by atoms with Gasteiger partial charge in [0.1, 0.15) is 73.2 Å². The molecule has 0 bridgehead atoms. The zero-order valence-electron chi connectivity index (χ0n) is 54.0. The van der Waals surface area contributed by atoms with Gasteiger partial charge in [-0.05, 0) is 32.1 Å². The van der Waals surface area contributed by atoms with Crippen molar-refractivity contribution in [2.45, 2.75) is 375 Å². The summed E-state index contributed by atoms with van der Waals surface area (Å²) >= 11 is 0. The van der Waals surface area contributed by atoms with E-state index in [-0.39, 0.29) is 18.9 Å². The first-order valence-corrected chi connectivity index (χ1v) is 35.1. The van der Waals surface area contributed by atoms with E-state index >= 15 is 0 Å². The number of allylic oxidation sites excluding steroid dienone is 3. The monoisotopic (exact) mass is 1250 g/mol. The molecule has 3 fully saturated rings. The first-order chi connectivity index (χ1) is 42.3. The fourth-order valence-electron chi connectivity index (χ4n) is 12.0. The molecule has 0 aromatic rings. The lowest BCUT2D eigenvalue weighted by molar-refractivity contribution is -0.379. The number of carbonyl (C=O) groups excluding carboxylic acids is 1. The summed E-state index contributed by atoms with van der Waals surface area (Å²) in [5, 5.41) is 120. The van der Waals surface area contributed by atoms with Gasteiger partial charge in [-0.2, -0.15) is 0 Å². The van der Waals surface area contributed by atoms with Gasteiger partial charge in [0.2, 0.25) is 5.91 Å². The molecule has 19 heteroatoms. The Balaban J connectivity index is 1.44. The van der Waals surface area contributed by atoms with Crippen LogP contribution in [0.2, 0.25) is 0 Å². The van der Waals surface area contributed by atoms with Crippen LogP contribution in [-0.2, 0) is 33.2 Å². The van der Waals surface area contributed by atoms with Crippen LogP contribution in [-0.4, -0.2) is 193 Å². The number of ether oxygens (including phenoxy) is 6. The van der Waals surface area contributed by atoms with Gasteiger partial charge >= 0.3 is 0 Å². The minimum atomic E-state index is -1.98. The molecule has 17 atom stereocenters. The van der Waals surface area contributed by atoms with Crippen LogP contribution in [0.1, 0.15) is 271 Å². The van der Waals surface area contributed by atoms with Crippen molar-refractivity contribution >= 4 is 5.91 Å². The van der Waals surface area contributed by atoms with Crippen molar-refractivity contribution < 1.29 is 89.4 Å². The Morgan fingerprint density at radius 3 is 1.15 bits per heavy atom. The minimum Gasteiger partial charge on any atom is -0.394 e. The largest absolute Gasteiger partial charge is 0.394 e. The van der Waals surface area contributed by atoms with Crippen LogP contribution in [0.25, 0.3) is 0 Å². The molecule has 3 heterocycles. The fraction of sp³-hybridized carbons (Fsp3) is 0.926. The van der Waals surface area contributed by atoms with Crippen molar-refractivity contribution in [2.24, 2.45) is 0 Å². The van der Waals surface area contributed by atoms with Crippen LogP contribution in [0.4, 0.5) is 0 Å². The molecule has 12 N–H and O–H groups in total. The molecule has 1 amide bonds. The summed E-state index contributed by atoms with van der Waals surface area (Å²) in [6.45, 7) is 1.75. The van der Waals surface area contributed by atoms with E-state index in [1.807, 2.05) is 6.08 Å². The van der Waals surface area contributed by atoms with Crippen molar-refractivity contribution in [3.05, 3.63) is 24.3 Å². The molecule has 3 aliphatic heterocycles. The van der Waals surface area contributed by atoms with Gasteiger partial charge in [-0.15, -0.1) is 0 Å². The number of carbonyl (C=O) groups is 1. The van der Waals surface area contributed by atoms with Crippen molar-refractivity contribution in [1.82, 2.24) is 5.32 Å². The maximum Gasteiger partial charge on any atom is 0.220 e. The first kappa shape index (κ1) is 79.5.